The summed E-state index contributed by atoms with van der Waals surface area (Å²) >= 11 is 0. The third-order valence-corrected chi connectivity index (χ3v) is 1.06. The van der Waals surface area contributed by atoms with E-state index in [4.69, 9.17) is 0 Å². The molecule has 0 aliphatic carbocycles. The van der Waals surface area contributed by atoms with Gasteiger partial charge in [0.15, 0.2) is 0 Å². The number of nitrogens with zero attached hydrogens (tertiary/aromatic N) is 1. The fourth-order valence-electron chi connectivity index (χ4n) is 0.590. The highest BCUT2D eigenvalue weighted by atomic mass is 16.6. The third-order valence-electron chi connectivity index (χ3n) is 1.06. The molecule has 0 unspecified atom stereocenters. The van der Waals surface area contributed by atoms with Gasteiger partial charge in [-0.25, -0.2) is 4.98 Å². The molecule has 0 radical (unpaired) electrons. The Morgan fingerprint density at radius 3 is 2.70 bits per heavy atom. The van der Waals surface area contributed by atoms with Gasteiger partial charge in [-0.15, -0.1) is 0 Å². The normalized spacial score (nSPS) is 9.30. The van der Waals surface area contributed by atoms with E-state index in [1.807, 2.05) is 0 Å². The summed E-state index contributed by atoms with van der Waals surface area (Å²) in [4.78, 5) is 12.0. The second-order valence-electron chi connectivity index (χ2n) is 1.67. The molecule has 0 saturated carbocycles. The highest BCUT2D eigenvalue weighted by Gasteiger charge is 2.06. The minimum absolute atomic E-state index is 0.0585. The molecule has 0 saturated heterocycles. The van der Waals surface area contributed by atoms with E-state index in [-0.39, 0.29) is 5.82 Å². The van der Waals surface area contributed by atoms with Crippen LogP contribution in [0.1, 0.15) is 0 Å². The first-order valence-corrected chi connectivity index (χ1v) is 2.61. The number of methoxy groups -OCH3 is 1. The van der Waals surface area contributed by atoms with Gasteiger partial charge in [0.25, 0.3) is 5.88 Å². The number of ether oxygens (including phenoxy) is 1. The second-order valence-corrected chi connectivity index (χ2v) is 1.67. The van der Waals surface area contributed by atoms with Crippen molar-refractivity contribution in [2.75, 3.05) is 7.11 Å². The number of hydrogen-bond acceptors (Lipinski definition) is 3. The number of aromatic nitrogens is 1. The van der Waals surface area contributed by atoms with E-state index in [0.717, 1.165) is 0 Å². The number of hydrogen-bond donors (Lipinski definition) is 1. The molecule has 1 aromatic heterocycles. The van der Waals surface area contributed by atoms with E-state index in [1.54, 1.807) is 0 Å². The number of nitrogens with one attached hydrogen (secondary N) is 1. The fourth-order valence-corrected chi connectivity index (χ4v) is 0.590. The van der Waals surface area contributed by atoms with Crippen molar-refractivity contribution in [1.82, 2.24) is 4.98 Å². The summed E-state index contributed by atoms with van der Waals surface area (Å²) < 4.78 is 4.68. The Morgan fingerprint density at radius 2 is 2.40 bits per heavy atom. The SMILES string of the molecule is COc1ccc([N+](=O)[O-])[nH]1. The molecule has 5 heteroatoms. The smallest absolute Gasteiger partial charge is 0.323 e. The molecule has 0 amide bonds. The molecule has 0 atom stereocenters. The zero-order chi connectivity index (χ0) is 7.56. The maximum atomic E-state index is 10.0. The summed E-state index contributed by atoms with van der Waals surface area (Å²) in [6.07, 6.45) is 0. The molecule has 0 aliphatic rings. The van der Waals surface area contributed by atoms with E-state index in [1.165, 1.54) is 19.2 Å². The quantitative estimate of drug-likeness (QED) is 0.493. The van der Waals surface area contributed by atoms with Gasteiger partial charge >= 0.3 is 5.82 Å². The fraction of sp³-hybridized carbons (Fsp3) is 0.200. The lowest BCUT2D eigenvalue weighted by atomic mass is 10.6. The average Bonchev–Trinajstić information content (AvgIpc) is 2.34. The Kier molecular flexibility index (Phi) is 1.57. The summed E-state index contributed by atoms with van der Waals surface area (Å²) in [5, 5.41) is 10.0. The van der Waals surface area contributed by atoms with Crippen molar-refractivity contribution < 1.29 is 9.66 Å². The number of nitro groups is 1. The summed E-state index contributed by atoms with van der Waals surface area (Å²) in [5.74, 6) is 0.337. The molecule has 1 rings (SSSR count). The molecular weight excluding hydrogens is 136 g/mol. The van der Waals surface area contributed by atoms with Gasteiger partial charge in [-0.05, 0) is 4.92 Å². The van der Waals surface area contributed by atoms with Gasteiger partial charge in [0.1, 0.15) is 0 Å². The molecule has 0 aromatic carbocycles. The van der Waals surface area contributed by atoms with Crippen molar-refractivity contribution in [2.45, 2.75) is 0 Å². The van der Waals surface area contributed by atoms with Crippen LogP contribution in [0.25, 0.3) is 0 Å². The van der Waals surface area contributed by atoms with Gasteiger partial charge in [-0.1, -0.05) is 0 Å². The van der Waals surface area contributed by atoms with E-state index < -0.39 is 4.92 Å². The third kappa shape index (κ3) is 1.07. The maximum absolute atomic E-state index is 10.0. The van der Waals surface area contributed by atoms with Crippen molar-refractivity contribution in [3.05, 3.63) is 22.2 Å². The number of aromatic amines is 1. The summed E-state index contributed by atoms with van der Waals surface area (Å²) in [7, 11) is 1.44. The van der Waals surface area contributed by atoms with E-state index >= 15 is 0 Å². The van der Waals surface area contributed by atoms with Crippen molar-refractivity contribution in [3.63, 3.8) is 0 Å². The lowest BCUT2D eigenvalue weighted by Gasteiger charge is -1.88. The Morgan fingerprint density at radius 1 is 1.70 bits per heavy atom. The van der Waals surface area contributed by atoms with Crippen molar-refractivity contribution in [1.29, 1.82) is 0 Å². The van der Waals surface area contributed by atoms with Crippen LogP contribution >= 0.6 is 0 Å². The summed E-state index contributed by atoms with van der Waals surface area (Å²) in [5.41, 5.74) is 0. The molecule has 0 fully saturated rings. The van der Waals surface area contributed by atoms with Crippen LogP contribution < -0.4 is 4.74 Å². The van der Waals surface area contributed by atoms with Crippen LogP contribution in [0.2, 0.25) is 0 Å². The van der Waals surface area contributed by atoms with Gasteiger partial charge in [0.2, 0.25) is 0 Å². The van der Waals surface area contributed by atoms with Gasteiger partial charge in [0, 0.05) is 12.1 Å². The molecular formula is C5H6N2O3. The zero-order valence-corrected chi connectivity index (χ0v) is 5.33. The van der Waals surface area contributed by atoms with Crippen molar-refractivity contribution in [2.24, 2.45) is 0 Å². The van der Waals surface area contributed by atoms with Crippen LogP contribution in [0.5, 0.6) is 5.88 Å². The molecule has 54 valence electrons. The Balaban J connectivity index is 2.88. The number of H-pyrrole nitrogens is 1. The van der Waals surface area contributed by atoms with E-state index in [2.05, 4.69) is 9.72 Å². The van der Waals surface area contributed by atoms with Crippen LogP contribution in [0, 0.1) is 10.1 Å². The first-order chi connectivity index (χ1) is 4.74. The zero-order valence-electron chi connectivity index (χ0n) is 5.33. The molecule has 10 heavy (non-hydrogen) atoms. The lowest BCUT2D eigenvalue weighted by Crippen LogP contribution is -1.87. The minimum Gasteiger partial charge on any atom is -0.466 e. The van der Waals surface area contributed by atoms with Crippen LogP contribution in [0.3, 0.4) is 0 Å². The molecule has 5 nitrogen and oxygen atoms in total. The van der Waals surface area contributed by atoms with Crippen molar-refractivity contribution >= 4 is 5.82 Å². The minimum atomic E-state index is -0.511. The summed E-state index contributed by atoms with van der Waals surface area (Å²) in [6, 6.07) is 2.84. The largest absolute Gasteiger partial charge is 0.466 e. The second kappa shape index (κ2) is 2.38. The van der Waals surface area contributed by atoms with Crippen LogP contribution in [0.4, 0.5) is 5.82 Å². The Labute approximate surface area is 56.8 Å². The highest BCUT2D eigenvalue weighted by molar-refractivity contribution is 5.27. The molecule has 1 heterocycles. The predicted molar refractivity (Wildman–Crippen MR) is 34.0 cm³/mol. The monoisotopic (exact) mass is 142 g/mol. The van der Waals surface area contributed by atoms with E-state index in [9.17, 15) is 10.1 Å². The van der Waals surface area contributed by atoms with Gasteiger partial charge in [-0.2, -0.15) is 0 Å². The lowest BCUT2D eigenvalue weighted by molar-refractivity contribution is -0.389. The Bertz CT molecular complexity index is 243. The molecule has 0 bridgehead atoms. The summed E-state index contributed by atoms with van der Waals surface area (Å²) in [6.45, 7) is 0. The topological polar surface area (TPSA) is 68.2 Å². The first-order valence-electron chi connectivity index (χ1n) is 2.61. The first kappa shape index (κ1) is 6.60. The predicted octanol–water partition coefficient (Wildman–Crippen LogP) is 0.931. The van der Waals surface area contributed by atoms with Crippen molar-refractivity contribution in [3.8, 4) is 5.88 Å². The molecule has 0 aliphatic heterocycles. The maximum Gasteiger partial charge on any atom is 0.323 e. The van der Waals surface area contributed by atoms with Crippen LogP contribution in [0.15, 0.2) is 12.1 Å². The highest BCUT2D eigenvalue weighted by Crippen LogP contribution is 2.14. The van der Waals surface area contributed by atoms with Gasteiger partial charge in [-0.3, -0.25) is 0 Å². The van der Waals surface area contributed by atoms with Gasteiger partial charge < -0.3 is 14.9 Å². The van der Waals surface area contributed by atoms with Crippen LogP contribution in [-0.4, -0.2) is 17.0 Å². The molecule has 1 N–H and O–H groups in total. The molecule has 1 aromatic rings. The Hall–Kier alpha value is -1.52. The molecule has 0 spiro atoms. The average molecular weight is 142 g/mol. The standard InChI is InChI=1S/C5H6N2O3/c1-10-5-3-2-4(6-5)7(8)9/h2-3,6H,1H3. The van der Waals surface area contributed by atoms with E-state index in [0.29, 0.717) is 5.88 Å². The number of rotatable bonds is 2. The van der Waals surface area contributed by atoms with Gasteiger partial charge in [0.05, 0.1) is 7.11 Å². The van der Waals surface area contributed by atoms with Crippen LogP contribution in [-0.2, 0) is 0 Å².